The molecule has 0 aliphatic carbocycles. The maximum absolute atomic E-state index is 13.0. The van der Waals surface area contributed by atoms with Crippen LogP contribution in [0.1, 0.15) is 47.5 Å². The highest BCUT2D eigenvalue weighted by Gasteiger charge is 2.60. The second kappa shape index (κ2) is 5.82. The fourth-order valence-electron chi connectivity index (χ4n) is 4.75. The number of carbonyl (C=O) groups excluding carboxylic acids is 2. The third kappa shape index (κ3) is 2.96. The second-order valence-electron chi connectivity index (χ2n) is 7.73. The Labute approximate surface area is 138 Å². The Morgan fingerprint density at radius 3 is 2.26 bits per heavy atom. The Kier molecular flexibility index (Phi) is 4.50. The second-order valence-corrected chi connectivity index (χ2v) is 7.73. The van der Waals surface area contributed by atoms with E-state index in [1.165, 1.54) is 11.2 Å². The highest BCUT2D eigenvalue weighted by Crippen LogP contribution is 2.45. The SMILES string of the molecule is C=COCCN1C(=O)NC2(CC(C)(C)N(CC)C(C)(C)C2)C1=O. The number of imide groups is 1. The molecule has 6 heteroatoms. The third-order valence-corrected chi connectivity index (χ3v) is 5.04. The zero-order valence-electron chi connectivity index (χ0n) is 14.9. The molecule has 1 N–H and O–H groups in total. The molecule has 0 radical (unpaired) electrons. The third-order valence-electron chi connectivity index (χ3n) is 5.04. The Balaban J connectivity index is 2.27. The van der Waals surface area contributed by atoms with Crippen LogP contribution in [-0.4, -0.2) is 58.1 Å². The first kappa shape index (κ1) is 17.8. The number of hydrogen-bond acceptors (Lipinski definition) is 4. The van der Waals surface area contributed by atoms with E-state index in [4.69, 9.17) is 4.74 Å². The summed E-state index contributed by atoms with van der Waals surface area (Å²) in [7, 11) is 0. The molecule has 0 aromatic carbocycles. The average Bonchev–Trinajstić information content (AvgIpc) is 2.60. The van der Waals surface area contributed by atoms with E-state index in [1.54, 1.807) is 0 Å². The quantitative estimate of drug-likeness (QED) is 0.478. The predicted molar refractivity (Wildman–Crippen MR) is 88.9 cm³/mol. The summed E-state index contributed by atoms with van der Waals surface area (Å²) in [5, 5.41) is 2.98. The molecule has 2 rings (SSSR count). The Morgan fingerprint density at radius 2 is 1.78 bits per heavy atom. The molecular weight excluding hydrogens is 294 g/mol. The Morgan fingerprint density at radius 1 is 1.22 bits per heavy atom. The van der Waals surface area contributed by atoms with E-state index in [-0.39, 0.29) is 36.2 Å². The van der Waals surface area contributed by atoms with Crippen LogP contribution < -0.4 is 5.32 Å². The minimum absolute atomic E-state index is 0.132. The zero-order chi connectivity index (χ0) is 17.5. The number of rotatable bonds is 5. The van der Waals surface area contributed by atoms with Gasteiger partial charge in [0.2, 0.25) is 0 Å². The molecule has 23 heavy (non-hydrogen) atoms. The minimum Gasteiger partial charge on any atom is -0.500 e. The lowest BCUT2D eigenvalue weighted by Crippen LogP contribution is -2.69. The molecule has 2 aliphatic heterocycles. The van der Waals surface area contributed by atoms with Crippen molar-refractivity contribution < 1.29 is 14.3 Å². The van der Waals surface area contributed by atoms with Gasteiger partial charge in [0, 0.05) is 11.1 Å². The van der Waals surface area contributed by atoms with Gasteiger partial charge >= 0.3 is 6.03 Å². The van der Waals surface area contributed by atoms with Crippen molar-refractivity contribution in [3.8, 4) is 0 Å². The van der Waals surface area contributed by atoms with E-state index in [0.29, 0.717) is 12.8 Å². The van der Waals surface area contributed by atoms with Gasteiger partial charge in [-0.1, -0.05) is 13.5 Å². The van der Waals surface area contributed by atoms with E-state index < -0.39 is 5.54 Å². The molecule has 2 fully saturated rings. The fraction of sp³-hybridized carbons (Fsp3) is 0.765. The van der Waals surface area contributed by atoms with Crippen LogP contribution in [0.4, 0.5) is 4.79 Å². The molecule has 0 saturated carbocycles. The van der Waals surface area contributed by atoms with Crippen LogP contribution in [0, 0.1) is 0 Å². The molecule has 2 saturated heterocycles. The van der Waals surface area contributed by atoms with Crippen molar-refractivity contribution in [1.82, 2.24) is 15.1 Å². The van der Waals surface area contributed by atoms with Crippen LogP contribution in [0.3, 0.4) is 0 Å². The molecule has 0 atom stereocenters. The molecule has 6 nitrogen and oxygen atoms in total. The number of nitrogens with zero attached hydrogens (tertiary/aromatic N) is 2. The van der Waals surface area contributed by atoms with Gasteiger partial charge in [-0.3, -0.25) is 14.6 Å². The number of nitrogens with one attached hydrogen (secondary N) is 1. The molecule has 0 aromatic heterocycles. The first-order valence-electron chi connectivity index (χ1n) is 8.24. The van der Waals surface area contributed by atoms with E-state index >= 15 is 0 Å². The smallest absolute Gasteiger partial charge is 0.325 e. The van der Waals surface area contributed by atoms with Gasteiger partial charge in [0.1, 0.15) is 12.1 Å². The van der Waals surface area contributed by atoms with Crippen molar-refractivity contribution in [2.24, 2.45) is 0 Å². The van der Waals surface area contributed by atoms with Crippen molar-refractivity contribution in [3.05, 3.63) is 12.8 Å². The van der Waals surface area contributed by atoms with Gasteiger partial charge in [0.25, 0.3) is 5.91 Å². The normalized spacial score (nSPS) is 25.5. The van der Waals surface area contributed by atoms with Gasteiger partial charge < -0.3 is 10.1 Å². The van der Waals surface area contributed by atoms with Crippen LogP contribution in [0.15, 0.2) is 12.8 Å². The standard InChI is InChI=1S/C17H29N3O3/c1-7-20-15(3,4)11-17(12-16(20,5)6)13(21)19(14(22)18-17)9-10-23-8-2/h8H,2,7,9-12H2,1,3-6H3,(H,18,22). The maximum Gasteiger partial charge on any atom is 0.325 e. The summed E-state index contributed by atoms with van der Waals surface area (Å²) in [4.78, 5) is 29.0. The van der Waals surface area contributed by atoms with Gasteiger partial charge in [-0.25, -0.2) is 4.79 Å². The largest absolute Gasteiger partial charge is 0.500 e. The summed E-state index contributed by atoms with van der Waals surface area (Å²) in [6.07, 6.45) is 2.54. The monoisotopic (exact) mass is 323 g/mol. The van der Waals surface area contributed by atoms with Gasteiger partial charge in [-0.2, -0.15) is 0 Å². The summed E-state index contributed by atoms with van der Waals surface area (Å²) >= 11 is 0. The highest BCUT2D eigenvalue weighted by molar-refractivity contribution is 6.07. The number of likely N-dealkylation sites (tertiary alicyclic amines) is 1. The van der Waals surface area contributed by atoms with E-state index in [0.717, 1.165) is 6.54 Å². The Bertz CT molecular complexity index is 495. The first-order chi connectivity index (χ1) is 10.6. The van der Waals surface area contributed by atoms with Crippen molar-refractivity contribution in [2.45, 2.75) is 64.1 Å². The lowest BCUT2D eigenvalue weighted by atomic mass is 9.69. The summed E-state index contributed by atoms with van der Waals surface area (Å²) in [5.41, 5.74) is -1.16. The summed E-state index contributed by atoms with van der Waals surface area (Å²) < 4.78 is 5.07. The molecule has 0 aromatic rings. The fourth-order valence-corrected chi connectivity index (χ4v) is 4.75. The van der Waals surface area contributed by atoms with Crippen LogP contribution in [0.25, 0.3) is 0 Å². The van der Waals surface area contributed by atoms with Crippen molar-refractivity contribution in [2.75, 3.05) is 19.7 Å². The van der Waals surface area contributed by atoms with E-state index in [1.807, 2.05) is 0 Å². The molecule has 2 aliphatic rings. The van der Waals surface area contributed by atoms with Gasteiger partial charge in [-0.15, -0.1) is 0 Å². The van der Waals surface area contributed by atoms with Gasteiger partial charge in [0.05, 0.1) is 12.8 Å². The molecule has 3 amide bonds. The van der Waals surface area contributed by atoms with Crippen LogP contribution >= 0.6 is 0 Å². The average molecular weight is 323 g/mol. The summed E-state index contributed by atoms with van der Waals surface area (Å²) in [5.74, 6) is -0.132. The Hall–Kier alpha value is -1.56. The molecular formula is C17H29N3O3. The molecule has 130 valence electrons. The van der Waals surface area contributed by atoms with Crippen molar-refractivity contribution in [1.29, 1.82) is 0 Å². The van der Waals surface area contributed by atoms with Crippen LogP contribution in [0.5, 0.6) is 0 Å². The first-order valence-corrected chi connectivity index (χ1v) is 8.24. The predicted octanol–water partition coefficient (Wildman–Crippen LogP) is 2.11. The molecule has 0 unspecified atom stereocenters. The van der Waals surface area contributed by atoms with Crippen LogP contribution in [0.2, 0.25) is 0 Å². The van der Waals surface area contributed by atoms with Gasteiger partial charge in [-0.05, 0) is 47.1 Å². The van der Waals surface area contributed by atoms with Crippen molar-refractivity contribution >= 4 is 11.9 Å². The highest BCUT2D eigenvalue weighted by atomic mass is 16.5. The maximum atomic E-state index is 13.0. The number of hydrogen-bond donors (Lipinski definition) is 1. The van der Waals surface area contributed by atoms with E-state index in [9.17, 15) is 9.59 Å². The molecule has 0 bridgehead atoms. The molecule has 1 spiro atoms. The van der Waals surface area contributed by atoms with Crippen molar-refractivity contribution in [3.63, 3.8) is 0 Å². The van der Waals surface area contributed by atoms with E-state index in [2.05, 4.69) is 51.4 Å². The lowest BCUT2D eigenvalue weighted by molar-refractivity contribution is -0.140. The number of piperidine rings is 1. The zero-order valence-corrected chi connectivity index (χ0v) is 14.9. The minimum atomic E-state index is -0.816. The number of carbonyl (C=O) groups is 2. The van der Waals surface area contributed by atoms with Crippen LogP contribution in [-0.2, 0) is 9.53 Å². The topological polar surface area (TPSA) is 61.9 Å². The summed E-state index contributed by atoms with van der Waals surface area (Å²) in [6, 6.07) is -0.320. The number of ether oxygens (including phenoxy) is 1. The lowest BCUT2D eigenvalue weighted by Gasteiger charge is -2.57. The molecule has 2 heterocycles. The number of urea groups is 1. The number of amides is 3. The summed E-state index contributed by atoms with van der Waals surface area (Å²) in [6.45, 7) is 15.6. The van der Waals surface area contributed by atoms with Gasteiger partial charge in [0.15, 0.2) is 0 Å².